The minimum absolute atomic E-state index is 0.156. The number of benzene rings is 1. The quantitative estimate of drug-likeness (QED) is 0.788. The summed E-state index contributed by atoms with van der Waals surface area (Å²) in [4.78, 5) is 3.52. The summed E-state index contributed by atoms with van der Waals surface area (Å²) in [6, 6.07) is 3.87. The maximum absolute atomic E-state index is 12.9. The van der Waals surface area contributed by atoms with Crippen LogP contribution in [0, 0.1) is 0 Å². The van der Waals surface area contributed by atoms with Gasteiger partial charge in [0, 0.05) is 19.9 Å². The van der Waals surface area contributed by atoms with Gasteiger partial charge in [-0.3, -0.25) is 4.99 Å². The van der Waals surface area contributed by atoms with Crippen LogP contribution in [0.5, 0.6) is 0 Å². The fourth-order valence-corrected chi connectivity index (χ4v) is 4.49. The number of aliphatic imine (C=N–C) groups is 1. The minimum Gasteiger partial charge on any atom is -0.372 e. The second-order valence-corrected chi connectivity index (χ2v) is 8.21. The highest BCUT2D eigenvalue weighted by Crippen LogP contribution is 2.38. The van der Waals surface area contributed by atoms with E-state index >= 15 is 0 Å². The van der Waals surface area contributed by atoms with Crippen LogP contribution >= 0.6 is 0 Å². The van der Waals surface area contributed by atoms with E-state index in [0.29, 0.717) is 6.07 Å². The van der Waals surface area contributed by atoms with Gasteiger partial charge in [-0.2, -0.15) is 13.2 Å². The van der Waals surface area contributed by atoms with E-state index in [0.717, 1.165) is 12.1 Å². The zero-order valence-corrected chi connectivity index (χ0v) is 13.6. The van der Waals surface area contributed by atoms with Gasteiger partial charge in [0.25, 0.3) is 0 Å². The lowest BCUT2D eigenvalue weighted by atomic mass is 9.97. The van der Waals surface area contributed by atoms with Gasteiger partial charge in [0.15, 0.2) is 9.84 Å². The molecule has 1 aliphatic rings. The normalized spacial score (nSPS) is 26.6. The first-order valence-electron chi connectivity index (χ1n) is 7.06. The first-order valence-corrected chi connectivity index (χ1v) is 8.54. The topological polar surface area (TPSA) is 55.7 Å². The first-order chi connectivity index (χ1) is 10.6. The smallest absolute Gasteiger partial charge is 0.372 e. The molecule has 0 saturated carbocycles. The average molecular weight is 349 g/mol. The first kappa shape index (κ1) is 17.9. The van der Waals surface area contributed by atoms with Crippen molar-refractivity contribution in [2.75, 3.05) is 13.7 Å². The number of alkyl halides is 3. The van der Waals surface area contributed by atoms with Gasteiger partial charge in [-0.15, -0.1) is 0 Å². The van der Waals surface area contributed by atoms with E-state index in [2.05, 4.69) is 4.99 Å². The molecule has 2 atom stereocenters. The Hall–Kier alpha value is -1.41. The third-order valence-corrected chi connectivity index (χ3v) is 6.57. The largest absolute Gasteiger partial charge is 0.416 e. The van der Waals surface area contributed by atoms with Crippen LogP contribution in [0.2, 0.25) is 0 Å². The fourth-order valence-electron chi connectivity index (χ4n) is 2.64. The van der Waals surface area contributed by atoms with E-state index in [4.69, 9.17) is 4.74 Å². The summed E-state index contributed by atoms with van der Waals surface area (Å²) in [5.41, 5.74) is -0.971. The van der Waals surface area contributed by atoms with Crippen LogP contribution in [-0.4, -0.2) is 39.1 Å². The molecule has 0 amide bonds. The molecule has 128 valence electrons. The van der Waals surface area contributed by atoms with Crippen molar-refractivity contribution in [3.63, 3.8) is 0 Å². The molecule has 1 aromatic carbocycles. The maximum atomic E-state index is 12.9. The van der Waals surface area contributed by atoms with Crippen molar-refractivity contribution in [2.24, 2.45) is 4.99 Å². The Labute approximate surface area is 133 Å². The summed E-state index contributed by atoms with van der Waals surface area (Å²) in [5.74, 6) is 0. The van der Waals surface area contributed by atoms with Crippen LogP contribution < -0.4 is 0 Å². The van der Waals surface area contributed by atoms with E-state index in [-0.39, 0.29) is 24.3 Å². The highest BCUT2D eigenvalue weighted by atomic mass is 32.2. The Morgan fingerprint density at radius 1 is 1.39 bits per heavy atom. The molecule has 0 N–H and O–H groups in total. The lowest BCUT2D eigenvalue weighted by molar-refractivity contribution is -0.137. The molecule has 2 rings (SSSR count). The van der Waals surface area contributed by atoms with Gasteiger partial charge in [0.05, 0.1) is 21.3 Å². The Balaban J connectivity index is 2.41. The lowest BCUT2D eigenvalue weighted by Crippen LogP contribution is -2.45. The molecule has 0 bridgehead atoms. The van der Waals surface area contributed by atoms with Crippen molar-refractivity contribution in [2.45, 2.75) is 41.7 Å². The minimum atomic E-state index is -4.58. The fraction of sp³-hybridized carbons (Fsp3) is 0.533. The second-order valence-electron chi connectivity index (χ2n) is 5.75. The van der Waals surface area contributed by atoms with Gasteiger partial charge >= 0.3 is 6.18 Å². The van der Waals surface area contributed by atoms with Crippen molar-refractivity contribution >= 4 is 16.1 Å². The monoisotopic (exact) mass is 349 g/mol. The zero-order valence-electron chi connectivity index (χ0n) is 12.8. The molecular formula is C15H18F3NO3S. The van der Waals surface area contributed by atoms with Gasteiger partial charge in [0.1, 0.15) is 0 Å². The standard InChI is InChI=1S/C15H18F3NO3S/c1-14(6-7-22-12(9-14)10-19-2)23(20,21)13-5-3-4-11(8-13)15(16,17)18/h3-5,8,10,12H,6-7,9H2,1-2H3/b19-10-. The molecule has 0 radical (unpaired) electrons. The van der Waals surface area contributed by atoms with Crippen molar-refractivity contribution in [1.82, 2.24) is 0 Å². The Kier molecular flexibility index (Phi) is 4.86. The van der Waals surface area contributed by atoms with Crippen LogP contribution in [0.3, 0.4) is 0 Å². The Bertz CT molecular complexity index is 700. The number of halogens is 3. The Morgan fingerprint density at radius 3 is 2.70 bits per heavy atom. The second kappa shape index (κ2) is 6.24. The van der Waals surface area contributed by atoms with E-state index in [1.165, 1.54) is 12.3 Å². The number of hydrogen-bond donors (Lipinski definition) is 0. The molecular weight excluding hydrogens is 331 g/mol. The Morgan fingerprint density at radius 2 is 2.09 bits per heavy atom. The number of nitrogens with zero attached hydrogens (tertiary/aromatic N) is 1. The summed E-state index contributed by atoms with van der Waals surface area (Å²) >= 11 is 0. The number of sulfone groups is 1. The molecule has 8 heteroatoms. The maximum Gasteiger partial charge on any atom is 0.416 e. The SMILES string of the molecule is C/N=C\C1CC(C)(S(=O)(=O)c2cccc(C(F)(F)F)c2)CCO1. The molecule has 0 aliphatic carbocycles. The molecule has 23 heavy (non-hydrogen) atoms. The molecule has 0 aromatic heterocycles. The third-order valence-electron chi connectivity index (χ3n) is 4.03. The van der Waals surface area contributed by atoms with E-state index < -0.39 is 32.4 Å². The van der Waals surface area contributed by atoms with Crippen molar-refractivity contribution in [3.8, 4) is 0 Å². The van der Waals surface area contributed by atoms with E-state index in [9.17, 15) is 21.6 Å². The number of hydrogen-bond acceptors (Lipinski definition) is 4. The predicted octanol–water partition coefficient (Wildman–Crippen LogP) is 3.12. The van der Waals surface area contributed by atoms with E-state index in [1.54, 1.807) is 14.0 Å². The van der Waals surface area contributed by atoms with Crippen LogP contribution in [0.4, 0.5) is 13.2 Å². The molecule has 1 fully saturated rings. The van der Waals surface area contributed by atoms with Gasteiger partial charge in [-0.25, -0.2) is 8.42 Å². The lowest BCUT2D eigenvalue weighted by Gasteiger charge is -2.36. The van der Waals surface area contributed by atoms with Gasteiger partial charge in [0.2, 0.25) is 0 Å². The van der Waals surface area contributed by atoms with E-state index in [1.807, 2.05) is 0 Å². The van der Waals surface area contributed by atoms with Gasteiger partial charge in [-0.05, 0) is 38.0 Å². The van der Waals surface area contributed by atoms with Crippen LogP contribution in [0.25, 0.3) is 0 Å². The average Bonchev–Trinajstić information content (AvgIpc) is 2.47. The summed E-state index contributed by atoms with van der Waals surface area (Å²) < 4.78 is 68.4. The molecule has 0 spiro atoms. The van der Waals surface area contributed by atoms with Crippen LogP contribution in [0.1, 0.15) is 25.3 Å². The van der Waals surface area contributed by atoms with Crippen molar-refractivity contribution < 1.29 is 26.3 Å². The number of ether oxygens (including phenoxy) is 1. The van der Waals surface area contributed by atoms with Crippen molar-refractivity contribution in [3.05, 3.63) is 29.8 Å². The number of rotatable bonds is 3. The molecule has 1 saturated heterocycles. The molecule has 1 heterocycles. The summed E-state index contributed by atoms with van der Waals surface area (Å²) in [6.07, 6.45) is -3.15. The van der Waals surface area contributed by atoms with Crippen molar-refractivity contribution in [1.29, 1.82) is 0 Å². The zero-order chi connectivity index (χ0) is 17.3. The molecule has 1 aliphatic heterocycles. The summed E-state index contributed by atoms with van der Waals surface area (Å²) in [5, 5.41) is 0. The molecule has 4 nitrogen and oxygen atoms in total. The molecule has 1 aromatic rings. The van der Waals surface area contributed by atoms with Gasteiger partial charge < -0.3 is 4.74 Å². The highest BCUT2D eigenvalue weighted by molar-refractivity contribution is 7.92. The summed E-state index contributed by atoms with van der Waals surface area (Å²) in [6.45, 7) is 1.76. The van der Waals surface area contributed by atoms with Gasteiger partial charge in [-0.1, -0.05) is 6.07 Å². The van der Waals surface area contributed by atoms with Crippen LogP contribution in [-0.2, 0) is 20.8 Å². The summed E-state index contributed by atoms with van der Waals surface area (Å²) in [7, 11) is -2.39. The van der Waals surface area contributed by atoms with Crippen LogP contribution in [0.15, 0.2) is 34.2 Å². The predicted molar refractivity (Wildman–Crippen MR) is 80.4 cm³/mol. The molecule has 2 unspecified atom stereocenters. The third kappa shape index (κ3) is 3.58. The highest BCUT2D eigenvalue weighted by Gasteiger charge is 2.45.